The standard InChI is InChI=1S/C27H38N4O3/c1-4-7-15-29-16-18-31(19-17-29)25(23-9-8-10-24(20-23)28-27(33)34)21-11-13-22(14-12-21)26(32)30(5-2)6-3/h8-14,20,25,28H,4-7,15-19H2,1-3H3,(H,33,34). The van der Waals surface area contributed by atoms with Crippen molar-refractivity contribution in [3.63, 3.8) is 0 Å². The molecule has 7 heteroatoms. The summed E-state index contributed by atoms with van der Waals surface area (Å²) in [5, 5.41) is 11.6. The van der Waals surface area contributed by atoms with Crippen molar-refractivity contribution in [2.75, 3.05) is 51.1 Å². The molecule has 1 unspecified atom stereocenters. The molecule has 0 saturated carbocycles. The van der Waals surface area contributed by atoms with Crippen LogP contribution in [0, 0.1) is 0 Å². The summed E-state index contributed by atoms with van der Waals surface area (Å²) >= 11 is 0. The Labute approximate surface area is 203 Å². The smallest absolute Gasteiger partial charge is 0.409 e. The second-order valence-corrected chi connectivity index (χ2v) is 8.79. The van der Waals surface area contributed by atoms with Crippen molar-refractivity contribution in [3.8, 4) is 0 Å². The molecule has 2 aromatic carbocycles. The van der Waals surface area contributed by atoms with Crippen molar-refractivity contribution in [2.24, 2.45) is 0 Å². The molecule has 0 bridgehead atoms. The molecule has 3 rings (SSSR count). The Bertz CT molecular complexity index is 935. The van der Waals surface area contributed by atoms with E-state index < -0.39 is 6.09 Å². The van der Waals surface area contributed by atoms with Crippen LogP contribution >= 0.6 is 0 Å². The van der Waals surface area contributed by atoms with Crippen LogP contribution in [0.5, 0.6) is 0 Å². The quantitative estimate of drug-likeness (QED) is 0.528. The molecule has 1 heterocycles. The molecule has 0 radical (unpaired) electrons. The molecule has 2 aromatic rings. The van der Waals surface area contributed by atoms with Crippen LogP contribution in [-0.2, 0) is 0 Å². The molecule has 1 aliphatic rings. The number of piperazine rings is 1. The van der Waals surface area contributed by atoms with Crippen LogP contribution in [0.2, 0.25) is 0 Å². The fourth-order valence-corrected chi connectivity index (χ4v) is 4.65. The summed E-state index contributed by atoms with van der Waals surface area (Å²) in [6, 6.07) is 15.5. The predicted molar refractivity (Wildman–Crippen MR) is 137 cm³/mol. The minimum Gasteiger partial charge on any atom is -0.465 e. The van der Waals surface area contributed by atoms with Crippen LogP contribution in [0.15, 0.2) is 48.5 Å². The maximum atomic E-state index is 12.8. The molecule has 1 atom stereocenters. The van der Waals surface area contributed by atoms with Crippen molar-refractivity contribution in [1.29, 1.82) is 0 Å². The van der Waals surface area contributed by atoms with Gasteiger partial charge in [0.1, 0.15) is 0 Å². The highest BCUT2D eigenvalue weighted by molar-refractivity contribution is 5.94. The van der Waals surface area contributed by atoms with Gasteiger partial charge >= 0.3 is 6.09 Å². The molecule has 1 fully saturated rings. The van der Waals surface area contributed by atoms with E-state index in [2.05, 4.69) is 28.1 Å². The summed E-state index contributed by atoms with van der Waals surface area (Å²) in [7, 11) is 0. The highest BCUT2D eigenvalue weighted by atomic mass is 16.4. The van der Waals surface area contributed by atoms with E-state index in [9.17, 15) is 9.59 Å². The maximum absolute atomic E-state index is 12.8. The number of unbranched alkanes of at least 4 members (excludes halogenated alkanes) is 1. The monoisotopic (exact) mass is 466 g/mol. The van der Waals surface area contributed by atoms with E-state index in [0.29, 0.717) is 24.3 Å². The van der Waals surface area contributed by atoms with Gasteiger partial charge in [0, 0.05) is 50.5 Å². The van der Waals surface area contributed by atoms with Crippen LogP contribution in [0.3, 0.4) is 0 Å². The number of carbonyl (C=O) groups excluding carboxylic acids is 1. The van der Waals surface area contributed by atoms with E-state index in [1.807, 2.05) is 55.1 Å². The number of anilines is 1. The largest absolute Gasteiger partial charge is 0.465 e. The van der Waals surface area contributed by atoms with Gasteiger partial charge in [0.2, 0.25) is 0 Å². The third-order valence-electron chi connectivity index (χ3n) is 6.58. The van der Waals surface area contributed by atoms with E-state index in [-0.39, 0.29) is 11.9 Å². The third-order valence-corrected chi connectivity index (χ3v) is 6.58. The average molecular weight is 467 g/mol. The van der Waals surface area contributed by atoms with E-state index in [1.54, 1.807) is 6.07 Å². The Kier molecular flexibility index (Phi) is 9.48. The Hall–Kier alpha value is -2.90. The van der Waals surface area contributed by atoms with Gasteiger partial charge in [0.15, 0.2) is 0 Å². The molecule has 184 valence electrons. The topological polar surface area (TPSA) is 76.1 Å². The lowest BCUT2D eigenvalue weighted by Gasteiger charge is -2.40. The van der Waals surface area contributed by atoms with Gasteiger partial charge in [-0.15, -0.1) is 0 Å². The lowest BCUT2D eigenvalue weighted by Crippen LogP contribution is -2.48. The molecular weight excluding hydrogens is 428 g/mol. The number of amides is 2. The summed E-state index contributed by atoms with van der Waals surface area (Å²) < 4.78 is 0. The van der Waals surface area contributed by atoms with Gasteiger partial charge in [-0.3, -0.25) is 15.0 Å². The van der Waals surface area contributed by atoms with Crippen LogP contribution in [-0.4, -0.2) is 77.6 Å². The second-order valence-electron chi connectivity index (χ2n) is 8.79. The van der Waals surface area contributed by atoms with Crippen LogP contribution in [0.25, 0.3) is 0 Å². The van der Waals surface area contributed by atoms with E-state index >= 15 is 0 Å². The zero-order chi connectivity index (χ0) is 24.5. The maximum Gasteiger partial charge on any atom is 0.409 e. The fraction of sp³-hybridized carbons (Fsp3) is 0.481. The zero-order valence-corrected chi connectivity index (χ0v) is 20.7. The van der Waals surface area contributed by atoms with Gasteiger partial charge in [-0.1, -0.05) is 37.6 Å². The van der Waals surface area contributed by atoms with Crippen molar-refractivity contribution < 1.29 is 14.7 Å². The van der Waals surface area contributed by atoms with Gasteiger partial charge in [-0.2, -0.15) is 0 Å². The lowest BCUT2D eigenvalue weighted by atomic mass is 9.95. The molecule has 0 aromatic heterocycles. The normalized spacial score (nSPS) is 15.6. The Morgan fingerprint density at radius 3 is 2.24 bits per heavy atom. The predicted octanol–water partition coefficient (Wildman–Crippen LogP) is 4.77. The van der Waals surface area contributed by atoms with Crippen molar-refractivity contribution in [3.05, 3.63) is 65.2 Å². The Balaban J connectivity index is 1.88. The van der Waals surface area contributed by atoms with Crippen molar-refractivity contribution in [1.82, 2.24) is 14.7 Å². The zero-order valence-electron chi connectivity index (χ0n) is 20.7. The molecular formula is C27H38N4O3. The van der Waals surface area contributed by atoms with E-state index in [1.165, 1.54) is 12.8 Å². The summed E-state index contributed by atoms with van der Waals surface area (Å²) in [6.45, 7) is 12.6. The number of rotatable bonds is 10. The highest BCUT2D eigenvalue weighted by Gasteiger charge is 2.27. The highest BCUT2D eigenvalue weighted by Crippen LogP contribution is 2.31. The Morgan fingerprint density at radius 1 is 0.971 bits per heavy atom. The van der Waals surface area contributed by atoms with Gasteiger partial charge in [0.05, 0.1) is 6.04 Å². The molecule has 7 nitrogen and oxygen atoms in total. The van der Waals surface area contributed by atoms with Gasteiger partial charge < -0.3 is 14.9 Å². The third kappa shape index (κ3) is 6.58. The van der Waals surface area contributed by atoms with Gasteiger partial charge in [-0.05, 0) is 62.2 Å². The minimum atomic E-state index is -1.07. The van der Waals surface area contributed by atoms with Crippen molar-refractivity contribution >= 4 is 17.7 Å². The molecule has 2 amide bonds. The first-order valence-electron chi connectivity index (χ1n) is 12.4. The number of carboxylic acid groups (broad SMARTS) is 1. The number of hydrogen-bond acceptors (Lipinski definition) is 4. The van der Waals surface area contributed by atoms with Crippen LogP contribution in [0.4, 0.5) is 10.5 Å². The van der Waals surface area contributed by atoms with Crippen LogP contribution in [0.1, 0.15) is 61.1 Å². The molecule has 0 spiro atoms. The van der Waals surface area contributed by atoms with Gasteiger partial charge in [0.25, 0.3) is 5.91 Å². The molecule has 1 saturated heterocycles. The first kappa shape index (κ1) is 25.7. The van der Waals surface area contributed by atoms with E-state index in [4.69, 9.17) is 5.11 Å². The molecule has 0 aliphatic carbocycles. The van der Waals surface area contributed by atoms with Crippen molar-refractivity contribution in [2.45, 2.75) is 39.7 Å². The first-order valence-corrected chi connectivity index (χ1v) is 12.4. The van der Waals surface area contributed by atoms with Crippen LogP contribution < -0.4 is 5.32 Å². The fourth-order valence-electron chi connectivity index (χ4n) is 4.65. The Morgan fingerprint density at radius 2 is 1.65 bits per heavy atom. The molecule has 34 heavy (non-hydrogen) atoms. The SMILES string of the molecule is CCCCN1CCN(C(c2ccc(C(=O)N(CC)CC)cc2)c2cccc(NC(=O)O)c2)CC1. The summed E-state index contributed by atoms with van der Waals surface area (Å²) in [5.41, 5.74) is 3.39. The average Bonchev–Trinajstić information content (AvgIpc) is 2.85. The van der Waals surface area contributed by atoms with E-state index in [0.717, 1.165) is 43.9 Å². The first-order chi connectivity index (χ1) is 16.5. The number of hydrogen-bond donors (Lipinski definition) is 2. The lowest BCUT2D eigenvalue weighted by molar-refractivity contribution is 0.0773. The minimum absolute atomic E-state index is 0.0125. The summed E-state index contributed by atoms with van der Waals surface area (Å²) in [4.78, 5) is 30.8. The summed E-state index contributed by atoms with van der Waals surface area (Å²) in [6.07, 6.45) is 1.34. The number of nitrogens with one attached hydrogen (secondary N) is 1. The number of nitrogens with zero attached hydrogens (tertiary/aromatic N) is 3. The number of benzene rings is 2. The molecule has 2 N–H and O–H groups in total. The number of carbonyl (C=O) groups is 2. The molecule has 1 aliphatic heterocycles. The summed E-state index contributed by atoms with van der Waals surface area (Å²) in [5.74, 6) is 0.0466. The second kappa shape index (κ2) is 12.5. The van der Waals surface area contributed by atoms with Gasteiger partial charge in [-0.25, -0.2) is 4.79 Å².